The summed E-state index contributed by atoms with van der Waals surface area (Å²) in [4.78, 5) is 153. The van der Waals surface area contributed by atoms with Crippen molar-refractivity contribution in [2.24, 2.45) is 14.1 Å². The maximum atomic E-state index is 14.3. The number of amides is 10. The van der Waals surface area contributed by atoms with Crippen molar-refractivity contribution >= 4 is 113 Å². The van der Waals surface area contributed by atoms with Crippen LogP contribution in [0.25, 0.3) is 22.1 Å². The predicted octanol–water partition coefficient (Wildman–Crippen LogP) is 10.1. The molecule has 10 aromatic rings. The van der Waals surface area contributed by atoms with E-state index in [0.717, 1.165) is 115 Å². The maximum absolute atomic E-state index is 14.3. The summed E-state index contributed by atoms with van der Waals surface area (Å²) in [6.45, 7) is 11.2. The van der Waals surface area contributed by atoms with E-state index >= 15 is 0 Å². The van der Waals surface area contributed by atoms with Gasteiger partial charge in [-0.3, -0.25) is 78.0 Å². The summed E-state index contributed by atoms with van der Waals surface area (Å²) in [5.41, 5.74) is 11.6. The number of nitrogens with one attached hydrogen (secondary N) is 4. The molecule has 0 spiro atoms. The fourth-order valence-corrected chi connectivity index (χ4v) is 21.8. The molecule has 8 heterocycles. The van der Waals surface area contributed by atoms with Crippen LogP contribution in [0.2, 0.25) is 0 Å². The molecule has 0 saturated carbocycles. The normalized spacial score (nSPS) is 18.2. The Morgan fingerprint density at radius 1 is 0.478 bits per heavy atom. The second-order valence-corrected chi connectivity index (χ2v) is 39.6. The number of fused-ring (bicyclic) bond motifs is 6. The Morgan fingerprint density at radius 2 is 0.877 bits per heavy atom. The molecule has 4 N–H and O–H groups in total. The Bertz CT molecular complexity index is 6370. The van der Waals surface area contributed by atoms with Crippen molar-refractivity contribution in [3.05, 3.63) is 211 Å². The van der Waals surface area contributed by atoms with E-state index in [-0.39, 0.29) is 132 Å². The Kier molecular flexibility index (Phi) is 30.2. The van der Waals surface area contributed by atoms with E-state index in [4.69, 9.17) is 28.4 Å². The van der Waals surface area contributed by atoms with Crippen LogP contribution in [0.1, 0.15) is 226 Å². The van der Waals surface area contributed by atoms with Crippen LogP contribution in [0.5, 0.6) is 34.5 Å². The minimum atomic E-state index is -3.98. The third kappa shape index (κ3) is 21.5. The van der Waals surface area contributed by atoms with Gasteiger partial charge < -0.3 is 39.1 Å². The molecule has 8 aromatic carbocycles. The first-order valence-electron chi connectivity index (χ1n) is 46.1. The van der Waals surface area contributed by atoms with Crippen molar-refractivity contribution in [2.45, 2.75) is 203 Å². The van der Waals surface area contributed by atoms with Crippen molar-refractivity contribution in [2.75, 3.05) is 53.6 Å². The van der Waals surface area contributed by atoms with Crippen LogP contribution in [-0.2, 0) is 98.4 Å². The average molecular weight is 1920 g/mol. The van der Waals surface area contributed by atoms with Gasteiger partial charge in [0.15, 0.2) is 13.2 Å². The molecular formula is C100H110N14O22S2. The highest BCUT2D eigenvalue weighted by molar-refractivity contribution is 7.89. The van der Waals surface area contributed by atoms with E-state index in [1.807, 2.05) is 113 Å². The Morgan fingerprint density at radius 3 is 1.26 bits per heavy atom. The van der Waals surface area contributed by atoms with Gasteiger partial charge in [0, 0.05) is 77.8 Å². The largest absolute Gasteiger partial charge is 0.494 e. The molecule has 724 valence electrons. The fourth-order valence-electron chi connectivity index (χ4n) is 18.6. The number of methoxy groups -OCH3 is 2. The zero-order chi connectivity index (χ0) is 98.3. The van der Waals surface area contributed by atoms with Crippen LogP contribution in [0, 0.1) is 13.8 Å². The SMILES string of the molecule is COc1cc(C(CC(C)=O)c2ccc(C)c(CN3C[C@@H](C)Oc4cc(CCCCCCNC(=O)COc5cccc6c5C(=O)N(C5CCC(=O)NC5=O)C6=O)ccc4S3(=O)=O)c2)cc2nnn(C)c12.COc1cc([C@@H](CC(C)=O)c2ccc(C)c(CN3C[C@@H](C)Oc4cc(CCCCCCNC(=O)COc5cccc6c5C(=O)N(C5CCC(=O)NC5=O)C6=O)ccc4S3(=O)=O)c2)cc2nnn(C)c12. The molecule has 36 nitrogen and oxygen atoms in total. The number of sulfonamides is 2. The Balaban J connectivity index is 0.000000209. The number of carbonyl (C=O) groups excluding carboxylic acids is 12. The summed E-state index contributed by atoms with van der Waals surface area (Å²) < 4.78 is 98.9. The average Bonchev–Trinajstić information content (AvgIpc) is 1.60. The summed E-state index contributed by atoms with van der Waals surface area (Å²) >= 11 is 0. The van der Waals surface area contributed by atoms with E-state index in [0.29, 0.717) is 72.8 Å². The first-order valence-corrected chi connectivity index (χ1v) is 49.0. The molecule has 138 heavy (non-hydrogen) atoms. The van der Waals surface area contributed by atoms with Crippen molar-refractivity contribution in [3.63, 3.8) is 0 Å². The van der Waals surface area contributed by atoms with E-state index in [2.05, 4.69) is 41.9 Å². The Labute approximate surface area is 797 Å². The number of hydrogen-bond donors (Lipinski definition) is 4. The van der Waals surface area contributed by atoms with Crippen molar-refractivity contribution < 1.29 is 103 Å². The number of imide groups is 4. The van der Waals surface area contributed by atoms with Crippen LogP contribution in [0.3, 0.4) is 0 Å². The predicted molar refractivity (Wildman–Crippen MR) is 503 cm³/mol. The van der Waals surface area contributed by atoms with Crippen LogP contribution in [0.4, 0.5) is 0 Å². The van der Waals surface area contributed by atoms with Gasteiger partial charge in [-0.15, -0.1) is 10.2 Å². The summed E-state index contributed by atoms with van der Waals surface area (Å²) in [6, 6.07) is 36.7. The molecule has 2 fully saturated rings. The molecule has 0 bridgehead atoms. The highest BCUT2D eigenvalue weighted by atomic mass is 32.2. The van der Waals surface area contributed by atoms with Crippen molar-refractivity contribution in [1.29, 1.82) is 0 Å². The Hall–Kier alpha value is -14.0. The minimum absolute atomic E-state index is 0.000278. The first-order chi connectivity index (χ1) is 66.1. The zero-order valence-corrected chi connectivity index (χ0v) is 80.0. The molecule has 3 unspecified atom stereocenters. The lowest BCUT2D eigenvalue weighted by atomic mass is 9.85. The highest BCUT2D eigenvalue weighted by Crippen LogP contribution is 2.43. The first kappa shape index (κ1) is 98.5. The smallest absolute Gasteiger partial charge is 0.266 e. The van der Waals surface area contributed by atoms with Crippen LogP contribution >= 0.6 is 0 Å². The molecule has 38 heteroatoms. The standard InChI is InChI=1S/2C50H55N7O11S/c2*1-29-14-16-33(37(21-30(2)58)34-24-38-47(42(25-34)66-5)55(4)54-53-38)23-35(29)27-56-26-31(3)68-41-22-32(15-18-43(41)69(56,64)65)11-8-6-7-9-20-51-45(60)28-67-40-13-10-12-36-46(40)50(63)57(49(36)62)39-17-19-44(59)52-48(39)61/h2*10,12-16,18,22-25,31,37,39H,6-9,11,17,19-21,26-28H2,1-5H3,(H,51,60)(H,52,59,61)/t31-,37?,39?;31-,37+,39?/m11/s1. The van der Waals surface area contributed by atoms with E-state index in [1.165, 1.54) is 45.0 Å². The molecular weight excluding hydrogens is 1810 g/mol. The summed E-state index contributed by atoms with van der Waals surface area (Å²) in [5, 5.41) is 26.9. The van der Waals surface area contributed by atoms with Gasteiger partial charge in [0.25, 0.3) is 35.4 Å². The lowest BCUT2D eigenvalue weighted by molar-refractivity contribution is -0.137. The quantitative estimate of drug-likeness (QED) is 0.0209. The lowest BCUT2D eigenvalue weighted by Crippen LogP contribution is -2.54. The number of rotatable bonds is 36. The van der Waals surface area contributed by atoms with Gasteiger partial charge in [-0.2, -0.15) is 8.61 Å². The number of aromatic nitrogens is 6. The van der Waals surface area contributed by atoms with Gasteiger partial charge in [0.1, 0.15) is 102 Å². The number of nitrogens with zero attached hydrogens (tertiary/aromatic N) is 10. The molecule has 6 atom stereocenters. The van der Waals surface area contributed by atoms with Gasteiger partial charge in [0.05, 0.1) is 49.6 Å². The number of piperidine rings is 2. The molecule has 0 aliphatic carbocycles. The minimum Gasteiger partial charge on any atom is -0.494 e. The number of ketones is 2. The molecule has 10 amide bonds. The van der Waals surface area contributed by atoms with E-state index in [1.54, 1.807) is 63.7 Å². The zero-order valence-electron chi connectivity index (χ0n) is 78.4. The van der Waals surface area contributed by atoms with Gasteiger partial charge in [-0.05, 0) is 221 Å². The fraction of sp³-hybridized carbons (Fsp3) is 0.400. The molecule has 6 aliphatic heterocycles. The van der Waals surface area contributed by atoms with Gasteiger partial charge >= 0.3 is 0 Å². The maximum Gasteiger partial charge on any atom is 0.266 e. The van der Waals surface area contributed by atoms with Crippen LogP contribution in [-0.4, -0.2) is 214 Å². The number of carbonyl (C=O) groups is 12. The third-order valence-electron chi connectivity index (χ3n) is 25.7. The second-order valence-electron chi connectivity index (χ2n) is 35.8. The van der Waals surface area contributed by atoms with E-state index in [9.17, 15) is 74.4 Å². The summed E-state index contributed by atoms with van der Waals surface area (Å²) in [6.07, 6.45) is 7.43. The monoisotopic (exact) mass is 1920 g/mol. The molecule has 6 aliphatic rings. The number of unbranched alkanes of at least 4 members (excludes halogenated alkanes) is 6. The van der Waals surface area contributed by atoms with Crippen LogP contribution < -0.4 is 49.7 Å². The number of benzene rings is 8. The summed E-state index contributed by atoms with van der Waals surface area (Å²) in [7, 11) is -1.21. The molecule has 2 saturated heterocycles. The topological polar surface area (TPSA) is 451 Å². The number of Topliss-reactive ketones (excluding diaryl/α,β-unsaturated/α-hetero) is 2. The highest BCUT2D eigenvalue weighted by Gasteiger charge is 2.49. The third-order valence-corrected chi connectivity index (χ3v) is 29.4. The molecule has 0 radical (unpaired) electrons. The van der Waals surface area contributed by atoms with Crippen LogP contribution in [0.15, 0.2) is 143 Å². The summed E-state index contributed by atoms with van der Waals surface area (Å²) in [5.74, 6) is -4.71. The van der Waals surface area contributed by atoms with E-state index < -0.39 is 117 Å². The number of hydrogen-bond acceptors (Lipinski definition) is 26. The van der Waals surface area contributed by atoms with Crippen molar-refractivity contribution in [1.82, 2.24) is 69.7 Å². The second kappa shape index (κ2) is 42.3. The number of ether oxygens (including phenoxy) is 6. The molecule has 16 rings (SSSR count). The number of aryl methyl sites for hydroxylation is 6. The van der Waals surface area contributed by atoms with Gasteiger partial charge in [-0.1, -0.05) is 96.8 Å². The lowest BCUT2D eigenvalue weighted by Gasteiger charge is -2.27. The van der Waals surface area contributed by atoms with Gasteiger partial charge in [0.2, 0.25) is 43.7 Å². The molecule has 2 aromatic heterocycles. The van der Waals surface area contributed by atoms with Crippen molar-refractivity contribution in [3.8, 4) is 34.5 Å². The van der Waals surface area contributed by atoms with Gasteiger partial charge in [-0.25, -0.2) is 26.2 Å².